The Labute approximate surface area is 430 Å². The minimum atomic E-state index is -0.451. The summed E-state index contributed by atoms with van der Waals surface area (Å²) >= 11 is 0. The van der Waals surface area contributed by atoms with Crippen molar-refractivity contribution in [3.8, 4) is 50.2 Å². The van der Waals surface area contributed by atoms with E-state index < -0.39 is 5.41 Å². The van der Waals surface area contributed by atoms with Crippen LogP contribution in [0.1, 0.15) is 47.2 Å². The van der Waals surface area contributed by atoms with E-state index in [0.717, 1.165) is 17.1 Å². The van der Waals surface area contributed by atoms with Crippen LogP contribution in [-0.2, 0) is 10.8 Å². The van der Waals surface area contributed by atoms with Crippen molar-refractivity contribution >= 4 is 60.4 Å². The lowest BCUT2D eigenvalue weighted by Gasteiger charge is -2.32. The van der Waals surface area contributed by atoms with Crippen molar-refractivity contribution in [2.75, 3.05) is 4.90 Å². The molecule has 12 aromatic carbocycles. The minimum Gasteiger partial charge on any atom is -0.310 e. The van der Waals surface area contributed by atoms with Gasteiger partial charge in [-0.15, -0.1) is 0 Å². The van der Waals surface area contributed by atoms with Crippen LogP contribution < -0.4 is 4.90 Å². The molecule has 1 spiro atoms. The largest absolute Gasteiger partial charge is 0.310 e. The second-order valence-corrected chi connectivity index (χ2v) is 21.1. The third-order valence-electron chi connectivity index (χ3n) is 17.2. The SMILES string of the molecule is CC1(C)c2cc(N(c3ccc(-c4ccccc4)cc3)c3ccc4c(c3)C3(c5ccccc5-c5ccccc53)c3ccccc3-4)ccc2-c2ccc(-n3c4ccc5ccccc5c4c4c5ccccc5ccc43)cc21. The first kappa shape index (κ1) is 41.4. The summed E-state index contributed by atoms with van der Waals surface area (Å²) in [5.41, 5.74) is 24.5. The summed E-state index contributed by atoms with van der Waals surface area (Å²) in [6.45, 7) is 4.84. The molecule has 16 rings (SSSR count). The Kier molecular flexibility index (Phi) is 8.47. The molecule has 0 unspecified atom stereocenters. The molecule has 0 atom stereocenters. The number of anilines is 3. The average Bonchev–Trinajstić information content (AvgIpc) is 4.28. The van der Waals surface area contributed by atoms with Crippen LogP contribution in [0.5, 0.6) is 0 Å². The molecule has 0 amide bonds. The highest BCUT2D eigenvalue weighted by molar-refractivity contribution is 6.28. The number of nitrogens with zero attached hydrogens (tertiary/aromatic N) is 2. The van der Waals surface area contributed by atoms with Gasteiger partial charge in [0.05, 0.1) is 16.4 Å². The maximum atomic E-state index is 2.51. The quantitative estimate of drug-likeness (QED) is 0.167. The molecule has 1 aromatic heterocycles. The van der Waals surface area contributed by atoms with E-state index in [1.807, 2.05) is 0 Å². The lowest BCUT2D eigenvalue weighted by Crippen LogP contribution is -2.26. The van der Waals surface area contributed by atoms with Crippen LogP contribution in [0.3, 0.4) is 0 Å². The maximum Gasteiger partial charge on any atom is 0.0726 e. The van der Waals surface area contributed by atoms with Gasteiger partial charge in [-0.05, 0) is 160 Å². The van der Waals surface area contributed by atoms with Gasteiger partial charge in [0.15, 0.2) is 0 Å². The summed E-state index contributed by atoms with van der Waals surface area (Å²) in [5, 5.41) is 7.70. The molecular weight excluding hydrogens is 893 g/mol. The van der Waals surface area contributed by atoms with E-state index in [2.05, 4.69) is 278 Å². The second-order valence-electron chi connectivity index (χ2n) is 21.1. The second kappa shape index (κ2) is 15.1. The number of aromatic nitrogens is 1. The van der Waals surface area contributed by atoms with Crippen LogP contribution in [0.2, 0.25) is 0 Å². The molecule has 1 heterocycles. The molecule has 0 bridgehead atoms. The Balaban J connectivity index is 0.874. The molecule has 0 saturated heterocycles. The van der Waals surface area contributed by atoms with E-state index in [-0.39, 0.29) is 5.41 Å². The van der Waals surface area contributed by atoms with Crippen LogP contribution in [0.4, 0.5) is 17.1 Å². The molecule has 346 valence electrons. The number of rotatable bonds is 5. The summed E-state index contributed by atoms with van der Waals surface area (Å²) in [6.07, 6.45) is 0. The Morgan fingerprint density at radius 3 is 1.30 bits per heavy atom. The van der Waals surface area contributed by atoms with Gasteiger partial charge in [0.1, 0.15) is 0 Å². The van der Waals surface area contributed by atoms with Gasteiger partial charge < -0.3 is 9.47 Å². The van der Waals surface area contributed by atoms with E-state index in [1.54, 1.807) is 0 Å². The normalized spacial score (nSPS) is 14.0. The zero-order chi connectivity index (χ0) is 48.9. The molecule has 0 saturated carbocycles. The fourth-order valence-electron chi connectivity index (χ4n) is 13.9. The summed E-state index contributed by atoms with van der Waals surface area (Å²) < 4.78 is 2.51. The first-order chi connectivity index (χ1) is 36.5. The molecule has 0 radical (unpaired) electrons. The van der Waals surface area contributed by atoms with Gasteiger partial charge in [-0.1, -0.05) is 208 Å². The van der Waals surface area contributed by atoms with E-state index in [4.69, 9.17) is 0 Å². The van der Waals surface area contributed by atoms with E-state index in [1.165, 1.54) is 127 Å². The van der Waals surface area contributed by atoms with Crippen LogP contribution >= 0.6 is 0 Å². The Bertz CT molecular complexity index is 4360. The Morgan fingerprint density at radius 2 is 0.730 bits per heavy atom. The van der Waals surface area contributed by atoms with Crippen molar-refractivity contribution in [3.63, 3.8) is 0 Å². The zero-order valence-corrected chi connectivity index (χ0v) is 41.1. The third-order valence-corrected chi connectivity index (χ3v) is 17.2. The molecule has 2 nitrogen and oxygen atoms in total. The third kappa shape index (κ3) is 5.49. The fourth-order valence-corrected chi connectivity index (χ4v) is 13.9. The smallest absolute Gasteiger partial charge is 0.0726 e. The number of benzene rings is 12. The van der Waals surface area contributed by atoms with Crippen molar-refractivity contribution in [1.82, 2.24) is 4.57 Å². The first-order valence-electron chi connectivity index (χ1n) is 26.0. The van der Waals surface area contributed by atoms with Crippen LogP contribution in [0.15, 0.2) is 255 Å². The van der Waals surface area contributed by atoms with Crippen LogP contribution in [0, 0.1) is 0 Å². The highest BCUT2D eigenvalue weighted by Gasteiger charge is 2.51. The molecule has 13 aromatic rings. The molecule has 2 heteroatoms. The van der Waals surface area contributed by atoms with E-state index in [0.29, 0.717) is 0 Å². The first-order valence-corrected chi connectivity index (χ1v) is 26.0. The summed E-state index contributed by atoms with van der Waals surface area (Å²) in [4.78, 5) is 2.50. The van der Waals surface area contributed by atoms with Crippen molar-refractivity contribution in [2.45, 2.75) is 24.7 Å². The van der Waals surface area contributed by atoms with Crippen molar-refractivity contribution in [3.05, 3.63) is 288 Å². The Hall–Kier alpha value is -9.24. The summed E-state index contributed by atoms with van der Waals surface area (Å²) in [6, 6.07) is 95.8. The highest BCUT2D eigenvalue weighted by atomic mass is 15.1. The van der Waals surface area contributed by atoms with Gasteiger partial charge in [0.25, 0.3) is 0 Å². The summed E-state index contributed by atoms with van der Waals surface area (Å²) in [7, 11) is 0. The summed E-state index contributed by atoms with van der Waals surface area (Å²) in [5.74, 6) is 0. The topological polar surface area (TPSA) is 8.17 Å². The molecular formula is C72H48N2. The van der Waals surface area contributed by atoms with Gasteiger partial charge in [-0.2, -0.15) is 0 Å². The number of hydrogen-bond acceptors (Lipinski definition) is 1. The maximum absolute atomic E-state index is 2.51. The minimum absolute atomic E-state index is 0.293. The molecule has 3 aliphatic rings. The van der Waals surface area contributed by atoms with Crippen molar-refractivity contribution in [1.29, 1.82) is 0 Å². The van der Waals surface area contributed by atoms with Crippen molar-refractivity contribution in [2.24, 2.45) is 0 Å². The van der Waals surface area contributed by atoms with Gasteiger partial charge in [-0.3, -0.25) is 0 Å². The van der Waals surface area contributed by atoms with E-state index in [9.17, 15) is 0 Å². The van der Waals surface area contributed by atoms with Crippen molar-refractivity contribution < 1.29 is 0 Å². The molecule has 0 fully saturated rings. The monoisotopic (exact) mass is 940 g/mol. The fraction of sp³-hybridized carbons (Fsp3) is 0.0556. The van der Waals surface area contributed by atoms with Gasteiger partial charge in [0, 0.05) is 38.9 Å². The lowest BCUT2D eigenvalue weighted by molar-refractivity contribution is 0.660. The molecule has 3 aliphatic carbocycles. The molecule has 0 N–H and O–H groups in total. The van der Waals surface area contributed by atoms with Gasteiger partial charge in [0.2, 0.25) is 0 Å². The van der Waals surface area contributed by atoms with E-state index >= 15 is 0 Å². The van der Waals surface area contributed by atoms with Crippen LogP contribution in [-0.4, -0.2) is 4.57 Å². The standard InChI is InChI=1S/C72H48N2/c1-71(2)64-42-50(34-37-58(64)59-38-36-52(43-65(59)71)74-67-40-30-47-18-6-8-20-53(47)69(67)70-54-21-9-7-19-48(54)31-41-68(70)74)73(49-32-28-46(29-33-49)45-16-4-3-5-17-45)51-35-39-60-57-24-12-15-27-63(57)72(66(60)44-51)61-25-13-10-22-55(61)56-23-11-14-26-62(56)72/h3-44H,1-2H3. The Morgan fingerprint density at radius 1 is 0.311 bits per heavy atom. The highest BCUT2D eigenvalue weighted by Crippen LogP contribution is 2.63. The molecule has 0 aliphatic heterocycles. The average molecular weight is 941 g/mol. The zero-order valence-electron chi connectivity index (χ0n) is 41.1. The number of fused-ring (bicyclic) bond motifs is 20. The number of hydrogen-bond donors (Lipinski definition) is 0. The predicted octanol–water partition coefficient (Wildman–Crippen LogP) is 18.9. The van der Waals surface area contributed by atoms with Gasteiger partial charge in [-0.25, -0.2) is 0 Å². The van der Waals surface area contributed by atoms with Gasteiger partial charge >= 0.3 is 0 Å². The lowest BCUT2D eigenvalue weighted by atomic mass is 9.70. The molecule has 74 heavy (non-hydrogen) atoms. The van der Waals surface area contributed by atoms with Crippen LogP contribution in [0.25, 0.3) is 93.5 Å². The predicted molar refractivity (Wildman–Crippen MR) is 310 cm³/mol.